The van der Waals surface area contributed by atoms with Crippen molar-refractivity contribution in [1.82, 2.24) is 20.3 Å². The van der Waals surface area contributed by atoms with Crippen molar-refractivity contribution >= 4 is 23.2 Å². The van der Waals surface area contributed by atoms with Crippen molar-refractivity contribution < 1.29 is 14.7 Å². The van der Waals surface area contributed by atoms with Crippen molar-refractivity contribution in [3.8, 4) is 0 Å². The minimum atomic E-state index is -1.09. The number of carboxylic acid groups (broad SMARTS) is 1. The molecule has 0 aliphatic rings. The Labute approximate surface area is 106 Å². The van der Waals surface area contributed by atoms with E-state index in [0.717, 1.165) is 0 Å². The number of hydrogen-bond acceptors (Lipinski definition) is 6. The number of aromatic carboxylic acids is 1. The number of nitrogens with zero attached hydrogens (tertiary/aromatic N) is 3. The summed E-state index contributed by atoms with van der Waals surface area (Å²) in [5, 5.41) is 13.2. The van der Waals surface area contributed by atoms with Gasteiger partial charge in [-0.25, -0.2) is 14.8 Å². The molecule has 0 saturated carbocycles. The van der Waals surface area contributed by atoms with Crippen LogP contribution in [0.25, 0.3) is 0 Å². The number of carbonyl (C=O) groups excluding carboxylic acids is 1. The lowest BCUT2D eigenvalue weighted by atomic mass is 10.4. The first-order chi connectivity index (χ1) is 8.66. The average Bonchev–Trinajstić information content (AvgIpc) is 2.86. The molecule has 2 rings (SSSR count). The summed E-state index contributed by atoms with van der Waals surface area (Å²) >= 11 is 1.17. The zero-order valence-corrected chi connectivity index (χ0v) is 9.85. The first-order valence-corrected chi connectivity index (χ1v) is 5.76. The second kappa shape index (κ2) is 5.32. The third-order valence-electron chi connectivity index (χ3n) is 1.97. The Hall–Kier alpha value is -2.35. The van der Waals surface area contributed by atoms with Gasteiger partial charge in [0.15, 0.2) is 5.69 Å². The SMILES string of the molecule is O=C(O)c1csc(CNC(=O)c2cnccn2)n1. The van der Waals surface area contributed by atoms with E-state index < -0.39 is 5.97 Å². The maximum atomic E-state index is 11.6. The van der Waals surface area contributed by atoms with Crippen LogP contribution in [0.1, 0.15) is 26.0 Å². The van der Waals surface area contributed by atoms with Gasteiger partial charge in [0.25, 0.3) is 5.91 Å². The van der Waals surface area contributed by atoms with Crippen LogP contribution in [-0.4, -0.2) is 31.9 Å². The normalized spacial score (nSPS) is 10.0. The van der Waals surface area contributed by atoms with Crippen molar-refractivity contribution in [3.05, 3.63) is 40.4 Å². The lowest BCUT2D eigenvalue weighted by molar-refractivity contribution is 0.0691. The molecule has 0 aromatic carbocycles. The molecule has 7 nitrogen and oxygen atoms in total. The molecule has 0 aliphatic heterocycles. The topological polar surface area (TPSA) is 105 Å². The molecule has 8 heteroatoms. The Balaban J connectivity index is 1.95. The highest BCUT2D eigenvalue weighted by molar-refractivity contribution is 7.09. The number of aromatic nitrogens is 3. The van der Waals surface area contributed by atoms with Crippen LogP contribution in [0.3, 0.4) is 0 Å². The van der Waals surface area contributed by atoms with E-state index in [-0.39, 0.29) is 23.8 Å². The number of thiazole rings is 1. The van der Waals surface area contributed by atoms with E-state index in [1.165, 1.54) is 35.3 Å². The highest BCUT2D eigenvalue weighted by atomic mass is 32.1. The summed E-state index contributed by atoms with van der Waals surface area (Å²) < 4.78 is 0. The molecule has 0 atom stereocenters. The highest BCUT2D eigenvalue weighted by Gasteiger charge is 2.10. The van der Waals surface area contributed by atoms with Crippen LogP contribution in [0.15, 0.2) is 24.0 Å². The molecule has 0 unspecified atom stereocenters. The van der Waals surface area contributed by atoms with E-state index in [2.05, 4.69) is 20.3 Å². The van der Waals surface area contributed by atoms with Crippen LogP contribution >= 0.6 is 11.3 Å². The predicted molar refractivity (Wildman–Crippen MR) is 62.3 cm³/mol. The number of carbonyl (C=O) groups is 2. The van der Waals surface area contributed by atoms with Gasteiger partial charge in [-0.3, -0.25) is 9.78 Å². The molecule has 0 aliphatic carbocycles. The number of amides is 1. The first kappa shape index (κ1) is 12.1. The van der Waals surface area contributed by atoms with E-state index in [9.17, 15) is 9.59 Å². The van der Waals surface area contributed by atoms with Crippen molar-refractivity contribution in [2.24, 2.45) is 0 Å². The molecule has 0 bridgehead atoms. The van der Waals surface area contributed by atoms with Crippen molar-refractivity contribution in [2.45, 2.75) is 6.54 Å². The Morgan fingerprint density at radius 1 is 1.33 bits per heavy atom. The van der Waals surface area contributed by atoms with Gasteiger partial charge in [-0.2, -0.15) is 0 Å². The summed E-state index contributed by atoms with van der Waals surface area (Å²) in [4.78, 5) is 33.7. The van der Waals surface area contributed by atoms with Crippen molar-refractivity contribution in [3.63, 3.8) is 0 Å². The van der Waals surface area contributed by atoms with Gasteiger partial charge in [-0.05, 0) is 0 Å². The highest BCUT2D eigenvalue weighted by Crippen LogP contribution is 2.09. The van der Waals surface area contributed by atoms with Crippen LogP contribution in [0, 0.1) is 0 Å². The summed E-state index contributed by atoms with van der Waals surface area (Å²) in [5.41, 5.74) is 0.177. The number of carboxylic acids is 1. The van der Waals surface area contributed by atoms with E-state index in [1.807, 2.05) is 0 Å². The van der Waals surface area contributed by atoms with Gasteiger partial charge in [0.2, 0.25) is 0 Å². The van der Waals surface area contributed by atoms with Gasteiger partial charge in [-0.1, -0.05) is 0 Å². The Morgan fingerprint density at radius 3 is 2.78 bits per heavy atom. The van der Waals surface area contributed by atoms with Gasteiger partial charge >= 0.3 is 5.97 Å². The third-order valence-corrected chi connectivity index (χ3v) is 2.82. The Kier molecular flexibility index (Phi) is 3.58. The zero-order chi connectivity index (χ0) is 13.0. The van der Waals surface area contributed by atoms with Gasteiger partial charge in [0.1, 0.15) is 10.7 Å². The molecule has 2 N–H and O–H groups in total. The van der Waals surface area contributed by atoms with Crippen molar-refractivity contribution in [2.75, 3.05) is 0 Å². The molecule has 1 amide bonds. The largest absolute Gasteiger partial charge is 0.476 e. The number of nitrogens with one attached hydrogen (secondary N) is 1. The van der Waals surface area contributed by atoms with Crippen molar-refractivity contribution in [1.29, 1.82) is 0 Å². The summed E-state index contributed by atoms with van der Waals surface area (Å²) in [5.74, 6) is -1.46. The monoisotopic (exact) mass is 264 g/mol. The van der Waals surface area contributed by atoms with E-state index in [1.54, 1.807) is 0 Å². The lowest BCUT2D eigenvalue weighted by Crippen LogP contribution is -2.23. The molecular formula is C10H8N4O3S. The Bertz CT molecular complexity index is 570. The maximum absolute atomic E-state index is 11.6. The number of hydrogen-bond donors (Lipinski definition) is 2. The molecule has 2 aromatic rings. The second-order valence-electron chi connectivity index (χ2n) is 3.20. The van der Waals surface area contributed by atoms with Gasteiger partial charge in [-0.15, -0.1) is 11.3 Å². The van der Waals surface area contributed by atoms with E-state index in [0.29, 0.717) is 5.01 Å². The smallest absolute Gasteiger partial charge is 0.355 e. The van der Waals surface area contributed by atoms with Crippen LogP contribution < -0.4 is 5.32 Å². The first-order valence-electron chi connectivity index (χ1n) is 4.88. The van der Waals surface area contributed by atoms with Gasteiger partial charge in [0.05, 0.1) is 12.7 Å². The number of rotatable bonds is 4. The van der Waals surface area contributed by atoms with Crippen LogP contribution in [0.5, 0.6) is 0 Å². The predicted octanol–water partition coefficient (Wildman–Crippen LogP) is 0.561. The van der Waals surface area contributed by atoms with Gasteiger partial charge in [0, 0.05) is 17.8 Å². The second-order valence-corrected chi connectivity index (χ2v) is 4.15. The standard InChI is InChI=1S/C10H8N4O3S/c15-9(6-3-11-1-2-12-6)13-4-8-14-7(5-18-8)10(16)17/h1-3,5H,4H2,(H,13,15)(H,16,17). The fourth-order valence-electron chi connectivity index (χ4n) is 1.15. The molecular weight excluding hydrogens is 256 g/mol. The maximum Gasteiger partial charge on any atom is 0.355 e. The molecule has 0 radical (unpaired) electrons. The average molecular weight is 264 g/mol. The fraction of sp³-hybridized carbons (Fsp3) is 0.100. The molecule has 18 heavy (non-hydrogen) atoms. The molecule has 92 valence electrons. The van der Waals surface area contributed by atoms with Crippen LogP contribution in [0.4, 0.5) is 0 Å². The quantitative estimate of drug-likeness (QED) is 0.836. The van der Waals surface area contributed by atoms with E-state index >= 15 is 0 Å². The summed E-state index contributed by atoms with van der Waals surface area (Å²) in [6.07, 6.45) is 4.23. The van der Waals surface area contributed by atoms with E-state index in [4.69, 9.17) is 5.11 Å². The molecule has 2 heterocycles. The fourth-order valence-corrected chi connectivity index (χ4v) is 1.86. The summed E-state index contributed by atoms with van der Waals surface area (Å²) in [7, 11) is 0. The third kappa shape index (κ3) is 2.86. The minimum absolute atomic E-state index is 0.0243. The molecule has 0 saturated heterocycles. The van der Waals surface area contributed by atoms with Crippen LogP contribution in [0.2, 0.25) is 0 Å². The summed E-state index contributed by atoms with van der Waals surface area (Å²) in [6, 6.07) is 0. The van der Waals surface area contributed by atoms with Crippen LogP contribution in [-0.2, 0) is 6.54 Å². The Morgan fingerprint density at radius 2 is 2.17 bits per heavy atom. The lowest BCUT2D eigenvalue weighted by Gasteiger charge is -2.00. The molecule has 0 spiro atoms. The van der Waals surface area contributed by atoms with Gasteiger partial charge < -0.3 is 10.4 Å². The zero-order valence-electron chi connectivity index (χ0n) is 9.03. The molecule has 0 fully saturated rings. The minimum Gasteiger partial charge on any atom is -0.476 e. The molecule has 2 aromatic heterocycles. The summed E-state index contributed by atoms with van der Waals surface area (Å²) in [6.45, 7) is 0.160.